The molecule has 0 bridgehead atoms. The maximum atomic E-state index is 13.2. The fourth-order valence-corrected chi connectivity index (χ4v) is 4.49. The van der Waals surface area contributed by atoms with Gasteiger partial charge in [0, 0.05) is 59.4 Å². The molecular formula is C19H16F2N4OS. The van der Waals surface area contributed by atoms with Gasteiger partial charge in [-0.2, -0.15) is 5.10 Å². The van der Waals surface area contributed by atoms with Gasteiger partial charge >= 0.3 is 0 Å². The monoisotopic (exact) mass is 387 g/mol. The number of hydrogen-bond donors (Lipinski definition) is 1. The van der Waals surface area contributed by atoms with E-state index in [1.807, 2.05) is 31.4 Å². The number of halogens is 2. The third-order valence-corrected chi connectivity index (χ3v) is 5.95. The number of alkyl halides is 2. The first-order valence-corrected chi connectivity index (χ1v) is 9.34. The van der Waals surface area contributed by atoms with Gasteiger partial charge < -0.3 is 5.11 Å². The van der Waals surface area contributed by atoms with Gasteiger partial charge in [0.1, 0.15) is 4.83 Å². The minimum absolute atomic E-state index is 0.341. The van der Waals surface area contributed by atoms with Crippen LogP contribution >= 0.6 is 11.3 Å². The average Bonchev–Trinajstić information content (AvgIpc) is 3.20. The summed E-state index contributed by atoms with van der Waals surface area (Å²) >= 11 is 1.17. The average molecular weight is 387 g/mol. The molecule has 8 heteroatoms. The number of hydrogen-bond acceptors (Lipinski definition) is 5. The van der Waals surface area contributed by atoms with Crippen molar-refractivity contribution in [3.05, 3.63) is 41.5 Å². The first-order valence-electron chi connectivity index (χ1n) is 9.02. The zero-order chi connectivity index (χ0) is 19.7. The van der Waals surface area contributed by atoms with Gasteiger partial charge in [-0.1, -0.05) is 0 Å². The van der Waals surface area contributed by atoms with E-state index in [2.05, 4.69) is 15.1 Å². The van der Waals surface area contributed by atoms with Crippen LogP contribution in [0.25, 0.3) is 32.5 Å². The fraction of sp³-hybridized carbons (Fsp3) is 0.316. The van der Waals surface area contributed by atoms with Gasteiger partial charge in [-0.15, -0.1) is 11.3 Å². The van der Waals surface area contributed by atoms with E-state index in [0.29, 0.717) is 21.0 Å². The Bertz CT molecular complexity index is 1210. The number of aliphatic hydroxyl groups is 1. The molecule has 0 saturated heterocycles. The highest BCUT2D eigenvalue weighted by molar-refractivity contribution is 7.18. The first kappa shape index (κ1) is 15.6. The quantitative estimate of drug-likeness (QED) is 0.569. The molecule has 1 aliphatic rings. The highest BCUT2D eigenvalue weighted by Gasteiger charge is 2.48. The van der Waals surface area contributed by atoms with Crippen LogP contribution in [0.4, 0.5) is 8.78 Å². The van der Waals surface area contributed by atoms with Gasteiger partial charge in [0.25, 0.3) is 0 Å². The number of rotatable bonds is 3. The SMILES string of the molecule is [2H][C@](O)(c1cc2ccc(-c3cnc4nn(C)cc4c3)nc2s1)C1CC(F)(F)C1. The number of aromatic nitrogens is 4. The molecule has 1 N–H and O–H groups in total. The molecule has 1 saturated carbocycles. The van der Waals surface area contributed by atoms with Crippen LogP contribution < -0.4 is 0 Å². The summed E-state index contributed by atoms with van der Waals surface area (Å²) in [7, 11) is 1.83. The van der Waals surface area contributed by atoms with E-state index in [9.17, 15) is 13.9 Å². The van der Waals surface area contributed by atoms with Gasteiger partial charge in [0.2, 0.25) is 5.92 Å². The van der Waals surface area contributed by atoms with E-state index in [4.69, 9.17) is 1.37 Å². The zero-order valence-electron chi connectivity index (χ0n) is 15.4. The lowest BCUT2D eigenvalue weighted by Crippen LogP contribution is -2.38. The standard InChI is InChI=1S/C19H16F2N4OS/c1-25-9-12-4-11(8-22-17(12)24-25)14-3-2-10-5-15(27-18(10)23-14)16(26)13-6-19(20,21)7-13/h2-5,8-9,13,16,26H,6-7H2,1H3/t16-/m1/s1/i16D. The van der Waals surface area contributed by atoms with Gasteiger partial charge in [-0.25, -0.2) is 18.7 Å². The van der Waals surface area contributed by atoms with Gasteiger partial charge in [0.05, 0.1) is 13.1 Å². The molecule has 0 aliphatic heterocycles. The zero-order valence-corrected chi connectivity index (χ0v) is 15.2. The lowest BCUT2D eigenvalue weighted by atomic mass is 9.77. The second kappa shape index (κ2) is 5.77. The fourth-order valence-electron chi connectivity index (χ4n) is 3.43. The number of pyridine rings is 2. The minimum Gasteiger partial charge on any atom is -0.387 e. The molecule has 5 rings (SSSR count). The third kappa shape index (κ3) is 2.89. The molecule has 0 unspecified atom stereocenters. The minimum atomic E-state index is -2.78. The maximum absolute atomic E-state index is 13.2. The van der Waals surface area contributed by atoms with Crippen LogP contribution in [0.3, 0.4) is 0 Å². The summed E-state index contributed by atoms with van der Waals surface area (Å²) in [5.74, 6) is -3.55. The molecule has 0 radical (unpaired) electrons. The van der Waals surface area contributed by atoms with Crippen LogP contribution in [0.1, 0.15) is 25.2 Å². The van der Waals surface area contributed by atoms with E-state index in [0.717, 1.165) is 16.3 Å². The number of nitrogens with zero attached hydrogens (tertiary/aromatic N) is 4. The van der Waals surface area contributed by atoms with Crippen molar-refractivity contribution < 1.29 is 15.3 Å². The normalized spacial score (nSPS) is 19.8. The van der Waals surface area contributed by atoms with Gasteiger partial charge in [0.15, 0.2) is 5.65 Å². The second-order valence-electron chi connectivity index (χ2n) is 6.99. The Morgan fingerprint density at radius 1 is 1.33 bits per heavy atom. The largest absolute Gasteiger partial charge is 0.387 e. The number of fused-ring (bicyclic) bond motifs is 2. The van der Waals surface area contributed by atoms with Crippen LogP contribution in [-0.2, 0) is 7.05 Å². The van der Waals surface area contributed by atoms with E-state index >= 15 is 0 Å². The summed E-state index contributed by atoms with van der Waals surface area (Å²) in [6.45, 7) is 0. The summed E-state index contributed by atoms with van der Waals surface area (Å²) in [4.78, 5) is 9.97. The molecule has 1 fully saturated rings. The predicted molar refractivity (Wildman–Crippen MR) is 99.8 cm³/mol. The van der Waals surface area contributed by atoms with Crippen LogP contribution in [0.15, 0.2) is 36.7 Å². The van der Waals surface area contributed by atoms with E-state index in [1.165, 1.54) is 11.3 Å². The molecule has 0 amide bonds. The summed E-state index contributed by atoms with van der Waals surface area (Å²) in [5.41, 5.74) is 2.20. The smallest absolute Gasteiger partial charge is 0.248 e. The van der Waals surface area contributed by atoms with Gasteiger partial charge in [-0.3, -0.25) is 4.68 Å². The van der Waals surface area contributed by atoms with Crippen molar-refractivity contribution in [2.75, 3.05) is 0 Å². The highest BCUT2D eigenvalue weighted by Crippen LogP contribution is 2.49. The molecule has 27 heavy (non-hydrogen) atoms. The Morgan fingerprint density at radius 3 is 2.93 bits per heavy atom. The number of aryl methyl sites for hydroxylation is 1. The lowest BCUT2D eigenvalue weighted by molar-refractivity contribution is -0.141. The molecule has 1 aliphatic carbocycles. The van der Waals surface area contributed by atoms with Gasteiger partial charge in [-0.05, 0) is 24.3 Å². The Kier molecular flexibility index (Phi) is 3.33. The van der Waals surface area contributed by atoms with E-state index < -0.39 is 30.8 Å². The van der Waals surface area contributed by atoms with E-state index in [-0.39, 0.29) is 0 Å². The summed E-state index contributed by atoms with van der Waals surface area (Å²) in [6, 6.07) is 7.33. The summed E-state index contributed by atoms with van der Waals surface area (Å²) in [6.07, 6.45) is 0.633. The van der Waals surface area contributed by atoms with Crippen molar-refractivity contribution in [3.8, 4) is 11.3 Å². The van der Waals surface area contributed by atoms with E-state index in [1.54, 1.807) is 16.9 Å². The van der Waals surface area contributed by atoms with Crippen molar-refractivity contribution in [1.82, 2.24) is 19.7 Å². The Hall–Kier alpha value is -2.45. The predicted octanol–water partition coefficient (Wildman–Crippen LogP) is 4.32. The van der Waals surface area contributed by atoms with Crippen molar-refractivity contribution >= 4 is 32.6 Å². The summed E-state index contributed by atoms with van der Waals surface area (Å²) < 4.78 is 36.3. The van der Waals surface area contributed by atoms with Crippen LogP contribution in [0.2, 0.25) is 0 Å². The maximum Gasteiger partial charge on any atom is 0.248 e. The molecule has 4 heterocycles. The molecule has 4 aromatic rings. The van der Waals surface area contributed by atoms with Crippen molar-refractivity contribution in [2.24, 2.45) is 13.0 Å². The molecule has 138 valence electrons. The summed E-state index contributed by atoms with van der Waals surface area (Å²) in [5, 5.41) is 16.5. The molecule has 5 nitrogen and oxygen atoms in total. The molecule has 0 spiro atoms. The molecular weight excluding hydrogens is 370 g/mol. The topological polar surface area (TPSA) is 63.8 Å². The Balaban J connectivity index is 1.51. The highest BCUT2D eigenvalue weighted by atomic mass is 32.1. The van der Waals surface area contributed by atoms with Crippen LogP contribution in [-0.4, -0.2) is 30.8 Å². The third-order valence-electron chi connectivity index (χ3n) is 4.88. The Morgan fingerprint density at radius 2 is 2.15 bits per heavy atom. The van der Waals surface area contributed by atoms with Crippen molar-refractivity contribution in [1.29, 1.82) is 0 Å². The Labute approximate surface area is 158 Å². The molecule has 1 atom stereocenters. The van der Waals surface area contributed by atoms with Crippen molar-refractivity contribution in [2.45, 2.75) is 24.8 Å². The van der Waals surface area contributed by atoms with Crippen LogP contribution in [0, 0.1) is 5.92 Å². The molecule has 4 aromatic heterocycles. The van der Waals surface area contributed by atoms with Crippen molar-refractivity contribution in [3.63, 3.8) is 0 Å². The number of thiophene rings is 1. The molecule has 0 aromatic carbocycles. The van der Waals surface area contributed by atoms with Crippen LogP contribution in [0.5, 0.6) is 0 Å². The first-order chi connectivity index (χ1) is 13.2. The second-order valence-corrected chi connectivity index (χ2v) is 8.02. The lowest BCUT2D eigenvalue weighted by Gasteiger charge is -2.37.